The van der Waals surface area contributed by atoms with Crippen LogP contribution in [0.1, 0.15) is 36.6 Å². The molecule has 43 heavy (non-hydrogen) atoms. The highest BCUT2D eigenvalue weighted by Crippen LogP contribution is 2.38. The van der Waals surface area contributed by atoms with Gasteiger partial charge in [0.05, 0.1) is 42.7 Å². The molecule has 1 aliphatic heterocycles. The second-order valence-electron chi connectivity index (χ2n) is 9.32. The number of thiazole rings is 1. The minimum atomic E-state index is -0.900. The van der Waals surface area contributed by atoms with Crippen LogP contribution in [0.3, 0.4) is 0 Å². The zero-order chi connectivity index (χ0) is 30.7. The lowest BCUT2D eigenvalue weighted by Gasteiger charge is -2.26. The maximum atomic E-state index is 14.2. The van der Waals surface area contributed by atoms with Crippen molar-refractivity contribution in [2.45, 2.75) is 19.9 Å². The minimum absolute atomic E-state index is 0.134. The Bertz CT molecular complexity index is 1930. The number of aromatic nitrogens is 1. The standard InChI is InChI=1S/C32H27BrN2O7S/c1-5-41-31(38)27-28(19-9-7-6-8-10-19)34-32-35(29(27)20-11-13-24(39-3)25(16-20)40-4)30(37)26(43-32)17-21-15-22(33)12-14-23(21)42-18(2)36/h6-17,29H,5H2,1-4H3/b26-17-/t29-/m0/s1. The molecule has 0 fully saturated rings. The third kappa shape index (κ3) is 6.04. The van der Waals surface area contributed by atoms with Gasteiger partial charge in [-0.1, -0.05) is 63.7 Å². The van der Waals surface area contributed by atoms with Gasteiger partial charge in [0.15, 0.2) is 16.3 Å². The Kier molecular flexibility index (Phi) is 8.93. The van der Waals surface area contributed by atoms with Crippen LogP contribution in [0.25, 0.3) is 11.8 Å². The first kappa shape index (κ1) is 30.0. The first-order valence-corrected chi connectivity index (χ1v) is 14.8. The summed E-state index contributed by atoms with van der Waals surface area (Å²) < 4.78 is 24.5. The molecule has 0 spiro atoms. The van der Waals surface area contributed by atoms with Gasteiger partial charge in [0, 0.05) is 22.5 Å². The number of hydrogen-bond acceptors (Lipinski definition) is 9. The molecule has 1 aliphatic rings. The van der Waals surface area contributed by atoms with Crippen LogP contribution in [-0.2, 0) is 14.3 Å². The monoisotopic (exact) mass is 662 g/mol. The van der Waals surface area contributed by atoms with Crippen LogP contribution < -0.4 is 29.1 Å². The number of fused-ring (bicyclic) bond motifs is 1. The third-order valence-electron chi connectivity index (χ3n) is 6.61. The first-order valence-electron chi connectivity index (χ1n) is 13.2. The van der Waals surface area contributed by atoms with E-state index in [-0.39, 0.29) is 17.7 Å². The van der Waals surface area contributed by atoms with E-state index in [0.29, 0.717) is 49.0 Å². The van der Waals surface area contributed by atoms with Crippen LogP contribution in [0.2, 0.25) is 0 Å². The van der Waals surface area contributed by atoms with E-state index in [0.717, 1.165) is 15.8 Å². The SMILES string of the molecule is CCOC(=O)C1=C(c2ccccc2)N=c2s/c(=C\c3cc(Br)ccc3OC(C)=O)c(=O)n2[C@H]1c1ccc(OC)c(OC)c1. The summed E-state index contributed by atoms with van der Waals surface area (Å²) in [7, 11) is 3.05. The van der Waals surface area contributed by atoms with Crippen molar-refractivity contribution in [1.29, 1.82) is 0 Å². The van der Waals surface area contributed by atoms with Crippen molar-refractivity contribution in [3.63, 3.8) is 0 Å². The van der Waals surface area contributed by atoms with Crippen LogP contribution in [0.5, 0.6) is 17.2 Å². The van der Waals surface area contributed by atoms with E-state index in [4.69, 9.17) is 23.9 Å². The number of hydrogen-bond donors (Lipinski definition) is 0. The number of nitrogens with zero attached hydrogens (tertiary/aromatic N) is 2. The summed E-state index contributed by atoms with van der Waals surface area (Å²) in [5.41, 5.74) is 2.03. The fourth-order valence-electron chi connectivity index (χ4n) is 4.80. The highest BCUT2D eigenvalue weighted by Gasteiger charge is 2.35. The molecule has 0 saturated heterocycles. The molecular formula is C32H27BrN2O7S. The number of carbonyl (C=O) groups is 2. The lowest BCUT2D eigenvalue weighted by Crippen LogP contribution is -2.40. The van der Waals surface area contributed by atoms with E-state index in [1.54, 1.807) is 49.4 Å². The Morgan fingerprint density at radius 2 is 1.72 bits per heavy atom. The highest BCUT2D eigenvalue weighted by molar-refractivity contribution is 9.10. The lowest BCUT2D eigenvalue weighted by atomic mass is 9.93. The van der Waals surface area contributed by atoms with E-state index in [2.05, 4.69) is 15.9 Å². The highest BCUT2D eigenvalue weighted by atomic mass is 79.9. The molecule has 11 heteroatoms. The summed E-state index contributed by atoms with van der Waals surface area (Å²) in [4.78, 5) is 44.9. The first-order chi connectivity index (χ1) is 20.7. The fourth-order valence-corrected chi connectivity index (χ4v) is 6.17. The van der Waals surface area contributed by atoms with E-state index in [1.807, 2.05) is 30.3 Å². The number of rotatable bonds is 8. The summed E-state index contributed by atoms with van der Waals surface area (Å²) in [5.74, 6) is 0.150. The van der Waals surface area contributed by atoms with Crippen LogP contribution >= 0.6 is 27.3 Å². The van der Waals surface area contributed by atoms with Gasteiger partial charge in [0.1, 0.15) is 5.75 Å². The molecule has 0 saturated carbocycles. The van der Waals surface area contributed by atoms with Gasteiger partial charge in [0.25, 0.3) is 5.56 Å². The summed E-state index contributed by atoms with van der Waals surface area (Å²) in [6.45, 7) is 3.17. The smallest absolute Gasteiger partial charge is 0.338 e. The van der Waals surface area contributed by atoms with E-state index < -0.39 is 18.0 Å². The Morgan fingerprint density at radius 3 is 2.40 bits per heavy atom. The van der Waals surface area contributed by atoms with E-state index in [1.165, 1.54) is 25.7 Å². The zero-order valence-corrected chi connectivity index (χ0v) is 26.2. The number of ether oxygens (including phenoxy) is 4. The summed E-state index contributed by atoms with van der Waals surface area (Å²) in [5, 5.41) is 0. The number of halogens is 1. The third-order valence-corrected chi connectivity index (χ3v) is 8.09. The van der Waals surface area contributed by atoms with Gasteiger partial charge in [-0.3, -0.25) is 14.2 Å². The summed E-state index contributed by atoms with van der Waals surface area (Å²) >= 11 is 4.61. The van der Waals surface area contributed by atoms with E-state index >= 15 is 0 Å². The Hall–Kier alpha value is -4.48. The molecule has 9 nitrogen and oxygen atoms in total. The molecule has 2 heterocycles. The molecule has 0 amide bonds. The molecule has 3 aromatic carbocycles. The number of carbonyl (C=O) groups excluding carboxylic acids is 2. The quantitative estimate of drug-likeness (QED) is 0.200. The molecule has 0 radical (unpaired) electrons. The fraction of sp³-hybridized carbons (Fsp3) is 0.188. The van der Waals surface area contributed by atoms with Gasteiger partial charge in [-0.2, -0.15) is 0 Å². The van der Waals surface area contributed by atoms with Gasteiger partial charge in [-0.25, -0.2) is 9.79 Å². The number of methoxy groups -OCH3 is 2. The van der Waals surface area contributed by atoms with Gasteiger partial charge in [-0.05, 0) is 48.9 Å². The van der Waals surface area contributed by atoms with Crippen molar-refractivity contribution in [3.05, 3.63) is 113 Å². The maximum absolute atomic E-state index is 14.2. The molecular weight excluding hydrogens is 636 g/mol. The Labute approximate surface area is 259 Å². The van der Waals surface area contributed by atoms with Gasteiger partial charge in [0.2, 0.25) is 0 Å². The molecule has 0 unspecified atom stereocenters. The van der Waals surface area contributed by atoms with Gasteiger partial charge >= 0.3 is 11.9 Å². The van der Waals surface area contributed by atoms with Crippen LogP contribution in [0, 0.1) is 0 Å². The van der Waals surface area contributed by atoms with E-state index in [9.17, 15) is 14.4 Å². The Morgan fingerprint density at radius 1 is 1.00 bits per heavy atom. The molecule has 0 aliphatic carbocycles. The van der Waals surface area contributed by atoms with Crippen molar-refractivity contribution < 1.29 is 28.5 Å². The van der Waals surface area contributed by atoms with Gasteiger partial charge < -0.3 is 18.9 Å². The van der Waals surface area contributed by atoms with Crippen LogP contribution in [0.15, 0.2) is 86.6 Å². The van der Waals surface area contributed by atoms with Crippen molar-refractivity contribution in [2.75, 3.05) is 20.8 Å². The van der Waals surface area contributed by atoms with Gasteiger partial charge in [-0.15, -0.1) is 0 Å². The molecule has 220 valence electrons. The molecule has 1 atom stereocenters. The molecule has 5 rings (SSSR count). The predicted octanol–water partition coefficient (Wildman–Crippen LogP) is 4.64. The number of esters is 2. The van der Waals surface area contributed by atoms with Crippen molar-refractivity contribution in [1.82, 2.24) is 4.57 Å². The predicted molar refractivity (Wildman–Crippen MR) is 166 cm³/mol. The molecule has 1 aromatic heterocycles. The van der Waals surface area contributed by atoms with Crippen molar-refractivity contribution >= 4 is 51.0 Å². The van der Waals surface area contributed by atoms with Crippen molar-refractivity contribution in [3.8, 4) is 17.2 Å². The summed E-state index contributed by atoms with van der Waals surface area (Å²) in [6, 6.07) is 18.8. The lowest BCUT2D eigenvalue weighted by molar-refractivity contribution is -0.139. The van der Waals surface area contributed by atoms with Crippen LogP contribution in [0.4, 0.5) is 0 Å². The average Bonchev–Trinajstić information content (AvgIpc) is 3.31. The summed E-state index contributed by atoms with van der Waals surface area (Å²) in [6.07, 6.45) is 1.65. The number of benzene rings is 3. The average molecular weight is 664 g/mol. The van der Waals surface area contributed by atoms with Crippen molar-refractivity contribution in [2.24, 2.45) is 4.99 Å². The molecule has 0 N–H and O–H groups in total. The molecule has 4 aromatic rings. The second kappa shape index (κ2) is 12.8. The normalized spacial score (nSPS) is 14.5. The molecule has 0 bridgehead atoms. The largest absolute Gasteiger partial charge is 0.493 e. The van der Waals surface area contributed by atoms with Crippen LogP contribution in [-0.4, -0.2) is 37.3 Å². The minimum Gasteiger partial charge on any atom is -0.493 e. The maximum Gasteiger partial charge on any atom is 0.338 e. The topological polar surface area (TPSA) is 105 Å². The zero-order valence-electron chi connectivity index (χ0n) is 23.8. The Balaban J connectivity index is 1.84. The second-order valence-corrected chi connectivity index (χ2v) is 11.2.